The van der Waals surface area contributed by atoms with E-state index in [-0.39, 0.29) is 0 Å². The lowest BCUT2D eigenvalue weighted by Gasteiger charge is -2.12. The van der Waals surface area contributed by atoms with Crippen molar-refractivity contribution in [3.05, 3.63) is 0 Å². The summed E-state index contributed by atoms with van der Waals surface area (Å²) >= 11 is 9.45. The van der Waals surface area contributed by atoms with Gasteiger partial charge in [-0.05, 0) is 11.8 Å². The van der Waals surface area contributed by atoms with E-state index in [1.165, 1.54) is 0 Å². The number of nitrogens with one attached hydrogen (secondary N) is 2. The maximum atomic E-state index is 10.4. The van der Waals surface area contributed by atoms with E-state index in [9.17, 15) is 4.79 Å². The first-order valence-corrected chi connectivity index (χ1v) is 3.94. The summed E-state index contributed by atoms with van der Waals surface area (Å²) in [5.74, 6) is -1.06. The minimum Gasteiger partial charge on any atom is -0.479 e. The molecule has 1 rings (SSSR count). The standard InChI is InChI=1S/C3H4N2O2S3/c6-1(7)3(9)5-4-2(8)10-3/h5,9H,(H,4,8)(H,6,7). The number of carboxylic acids is 1. The molecule has 0 aliphatic carbocycles. The second-order valence-electron chi connectivity index (χ2n) is 1.59. The number of aliphatic carboxylic acids is 1. The molecule has 10 heavy (non-hydrogen) atoms. The van der Waals surface area contributed by atoms with Crippen molar-refractivity contribution in [1.82, 2.24) is 10.9 Å². The molecule has 1 aliphatic heterocycles. The van der Waals surface area contributed by atoms with Crippen LogP contribution in [0.4, 0.5) is 0 Å². The summed E-state index contributed by atoms with van der Waals surface area (Å²) in [5.41, 5.74) is 4.90. The van der Waals surface area contributed by atoms with Gasteiger partial charge < -0.3 is 10.5 Å². The molecule has 1 aliphatic rings. The van der Waals surface area contributed by atoms with Crippen molar-refractivity contribution in [2.24, 2.45) is 0 Å². The predicted octanol–water partition coefficient (Wildman–Crippen LogP) is -0.220. The highest BCUT2D eigenvalue weighted by molar-refractivity contribution is 8.29. The lowest BCUT2D eigenvalue weighted by Crippen LogP contribution is -2.44. The lowest BCUT2D eigenvalue weighted by molar-refractivity contribution is -0.138. The van der Waals surface area contributed by atoms with Gasteiger partial charge in [-0.1, -0.05) is 12.2 Å². The van der Waals surface area contributed by atoms with Crippen LogP contribution in [0.25, 0.3) is 0 Å². The van der Waals surface area contributed by atoms with Gasteiger partial charge in [0.1, 0.15) is 0 Å². The highest BCUT2D eigenvalue weighted by Crippen LogP contribution is 2.30. The summed E-state index contributed by atoms with van der Waals surface area (Å²) in [4.78, 5) is 10.4. The Bertz CT molecular complexity index is 196. The van der Waals surface area contributed by atoms with Crippen LogP contribution in [0.15, 0.2) is 0 Å². The van der Waals surface area contributed by atoms with Gasteiger partial charge in [0.05, 0.1) is 0 Å². The minimum absolute atomic E-state index is 0.386. The Kier molecular flexibility index (Phi) is 2.09. The van der Waals surface area contributed by atoms with E-state index in [2.05, 4.69) is 35.7 Å². The maximum Gasteiger partial charge on any atom is 0.347 e. The molecule has 0 bridgehead atoms. The first-order chi connectivity index (χ1) is 4.54. The number of carbonyl (C=O) groups is 1. The Morgan fingerprint density at radius 2 is 2.50 bits per heavy atom. The fraction of sp³-hybridized carbons (Fsp3) is 0.333. The van der Waals surface area contributed by atoms with Crippen molar-refractivity contribution in [1.29, 1.82) is 0 Å². The van der Waals surface area contributed by atoms with Crippen LogP contribution in [0.1, 0.15) is 0 Å². The zero-order valence-corrected chi connectivity index (χ0v) is 7.15. The summed E-state index contributed by atoms with van der Waals surface area (Å²) in [6.45, 7) is 0. The van der Waals surface area contributed by atoms with Crippen LogP contribution in [0.3, 0.4) is 0 Å². The third-order valence-corrected chi connectivity index (χ3v) is 2.65. The number of thiol groups is 1. The van der Waals surface area contributed by atoms with E-state index in [0.717, 1.165) is 11.8 Å². The number of thiocarbonyl (C=S) groups is 1. The number of carboxylic acid groups (broad SMARTS) is 1. The maximum absolute atomic E-state index is 10.4. The number of rotatable bonds is 1. The SMILES string of the molecule is O=C(O)C1(S)NNC(=S)S1. The van der Waals surface area contributed by atoms with E-state index in [1.54, 1.807) is 0 Å². The molecule has 4 nitrogen and oxygen atoms in total. The van der Waals surface area contributed by atoms with Gasteiger partial charge in [-0.2, -0.15) is 5.43 Å². The van der Waals surface area contributed by atoms with Gasteiger partial charge in [0.25, 0.3) is 0 Å². The van der Waals surface area contributed by atoms with Gasteiger partial charge >= 0.3 is 5.97 Å². The molecule has 1 heterocycles. The molecule has 0 aromatic heterocycles. The minimum atomic E-state index is -1.31. The van der Waals surface area contributed by atoms with Gasteiger partial charge in [-0.25, -0.2) is 4.79 Å². The van der Waals surface area contributed by atoms with E-state index in [0.29, 0.717) is 4.32 Å². The van der Waals surface area contributed by atoms with Crippen molar-refractivity contribution < 1.29 is 9.90 Å². The molecule has 0 aromatic carbocycles. The molecule has 1 saturated heterocycles. The van der Waals surface area contributed by atoms with Crippen LogP contribution in [-0.2, 0) is 4.79 Å². The summed E-state index contributed by atoms with van der Waals surface area (Å²) in [7, 11) is 0. The van der Waals surface area contributed by atoms with Crippen LogP contribution in [-0.4, -0.2) is 19.6 Å². The molecule has 1 unspecified atom stereocenters. The molecule has 0 spiro atoms. The molecular weight excluding hydrogens is 192 g/mol. The molecule has 0 amide bonds. The third-order valence-electron chi connectivity index (χ3n) is 0.864. The van der Waals surface area contributed by atoms with E-state index >= 15 is 0 Å². The van der Waals surface area contributed by atoms with Crippen molar-refractivity contribution >= 4 is 46.9 Å². The molecule has 0 saturated carbocycles. The highest BCUT2D eigenvalue weighted by Gasteiger charge is 2.41. The van der Waals surface area contributed by atoms with Gasteiger partial charge in [-0.3, -0.25) is 0 Å². The van der Waals surface area contributed by atoms with Crippen LogP contribution in [0.2, 0.25) is 0 Å². The molecule has 3 N–H and O–H groups in total. The topological polar surface area (TPSA) is 61.4 Å². The summed E-state index contributed by atoms with van der Waals surface area (Å²) in [6.07, 6.45) is 0. The molecule has 56 valence electrons. The van der Waals surface area contributed by atoms with Crippen molar-refractivity contribution in [3.8, 4) is 0 Å². The fourth-order valence-corrected chi connectivity index (χ4v) is 1.92. The van der Waals surface area contributed by atoms with Gasteiger partial charge in [0, 0.05) is 0 Å². The molecular formula is C3H4N2O2S3. The van der Waals surface area contributed by atoms with Crippen LogP contribution < -0.4 is 10.9 Å². The number of hydrazine groups is 1. The first-order valence-electron chi connectivity index (χ1n) is 2.26. The number of hydrogen-bond acceptors (Lipinski definition) is 5. The largest absolute Gasteiger partial charge is 0.479 e. The summed E-state index contributed by atoms with van der Waals surface area (Å²) in [5, 5.41) is 8.53. The number of hydrogen-bond donors (Lipinski definition) is 4. The third kappa shape index (κ3) is 1.36. The van der Waals surface area contributed by atoms with E-state index in [1.807, 2.05) is 0 Å². The predicted molar refractivity (Wildman–Crippen MR) is 45.8 cm³/mol. The zero-order chi connectivity index (χ0) is 7.78. The average Bonchev–Trinajstić information content (AvgIpc) is 2.13. The Hall–Kier alpha value is 0.0200. The quantitative estimate of drug-likeness (QED) is 0.344. The lowest BCUT2D eigenvalue weighted by atomic mass is 10.7. The number of thioether (sulfide) groups is 1. The second kappa shape index (κ2) is 2.57. The summed E-state index contributed by atoms with van der Waals surface area (Å²) < 4.78 is -0.922. The van der Waals surface area contributed by atoms with Crippen LogP contribution in [0.5, 0.6) is 0 Å². The molecule has 0 radical (unpaired) electrons. The average molecular weight is 196 g/mol. The van der Waals surface area contributed by atoms with Gasteiger partial charge in [0.15, 0.2) is 4.32 Å². The first kappa shape index (κ1) is 8.12. The van der Waals surface area contributed by atoms with Crippen LogP contribution >= 0.6 is 36.6 Å². The molecule has 0 aromatic rings. The molecule has 1 fully saturated rings. The fourth-order valence-electron chi connectivity index (χ4n) is 0.418. The van der Waals surface area contributed by atoms with E-state index in [4.69, 9.17) is 5.11 Å². The van der Waals surface area contributed by atoms with Crippen LogP contribution in [0, 0.1) is 0 Å². The van der Waals surface area contributed by atoms with Gasteiger partial charge in [-0.15, -0.1) is 12.6 Å². The highest BCUT2D eigenvalue weighted by atomic mass is 32.2. The molecule has 1 atom stereocenters. The van der Waals surface area contributed by atoms with Crippen molar-refractivity contribution in [2.75, 3.05) is 0 Å². The normalized spacial score (nSPS) is 31.9. The van der Waals surface area contributed by atoms with Crippen molar-refractivity contribution in [2.45, 2.75) is 4.20 Å². The monoisotopic (exact) mass is 196 g/mol. The Morgan fingerprint density at radius 3 is 2.70 bits per heavy atom. The smallest absolute Gasteiger partial charge is 0.347 e. The van der Waals surface area contributed by atoms with Gasteiger partial charge in [0.2, 0.25) is 4.20 Å². The Labute approximate surface area is 72.1 Å². The second-order valence-corrected chi connectivity index (χ2v) is 4.45. The zero-order valence-electron chi connectivity index (χ0n) is 4.62. The molecule has 7 heteroatoms. The summed E-state index contributed by atoms with van der Waals surface area (Å²) in [6, 6.07) is 0. The Morgan fingerprint density at radius 1 is 1.90 bits per heavy atom. The Balaban J connectivity index is 2.72. The van der Waals surface area contributed by atoms with E-state index < -0.39 is 10.2 Å². The van der Waals surface area contributed by atoms with Crippen molar-refractivity contribution in [3.63, 3.8) is 0 Å².